The maximum Gasteiger partial charge on any atom is 0.0950 e. The van der Waals surface area contributed by atoms with Gasteiger partial charge in [-0.2, -0.15) is 0 Å². The molecule has 1 fully saturated rings. The average Bonchev–Trinajstić information content (AvgIpc) is 2.75. The van der Waals surface area contributed by atoms with Crippen molar-refractivity contribution in [2.75, 3.05) is 0 Å². The first-order valence-corrected chi connectivity index (χ1v) is 9.91. The first kappa shape index (κ1) is 18.0. The van der Waals surface area contributed by atoms with E-state index >= 15 is 0 Å². The maximum absolute atomic E-state index is 9.95. The fourth-order valence-electron chi connectivity index (χ4n) is 4.34. The molecular formula is C25H27NO. The van der Waals surface area contributed by atoms with E-state index in [0.29, 0.717) is 6.04 Å². The molecule has 2 nitrogen and oxygen atoms in total. The highest BCUT2D eigenvalue weighted by molar-refractivity contribution is 5.49. The minimum Gasteiger partial charge on any atom is -0.393 e. The van der Waals surface area contributed by atoms with E-state index in [4.69, 9.17) is 0 Å². The Morgan fingerprint density at radius 2 is 0.963 bits per heavy atom. The Kier molecular flexibility index (Phi) is 5.38. The standard InChI is InChI=1S/C25H27NO/c27-24-18-16-23(17-19-24)26-25(20-10-4-1-5-11-20,21-12-6-2-7-13-21)22-14-8-3-9-15-22/h1-15,23-24,26-27H,16-19H2. The summed E-state index contributed by atoms with van der Waals surface area (Å²) >= 11 is 0. The molecule has 27 heavy (non-hydrogen) atoms. The molecular weight excluding hydrogens is 330 g/mol. The van der Waals surface area contributed by atoms with Crippen LogP contribution in [0.25, 0.3) is 0 Å². The maximum atomic E-state index is 9.95. The Morgan fingerprint density at radius 1 is 0.593 bits per heavy atom. The van der Waals surface area contributed by atoms with Crippen LogP contribution < -0.4 is 5.32 Å². The predicted molar refractivity (Wildman–Crippen MR) is 111 cm³/mol. The van der Waals surface area contributed by atoms with Gasteiger partial charge in [-0.1, -0.05) is 91.0 Å². The quantitative estimate of drug-likeness (QED) is 0.639. The number of nitrogens with one attached hydrogen (secondary N) is 1. The molecule has 0 aromatic heterocycles. The molecule has 0 heterocycles. The van der Waals surface area contributed by atoms with Gasteiger partial charge in [-0.25, -0.2) is 0 Å². The van der Waals surface area contributed by atoms with E-state index in [9.17, 15) is 5.11 Å². The molecule has 2 heteroatoms. The van der Waals surface area contributed by atoms with Crippen LogP contribution in [0.5, 0.6) is 0 Å². The second kappa shape index (κ2) is 8.08. The summed E-state index contributed by atoms with van der Waals surface area (Å²) in [6.45, 7) is 0. The first-order valence-electron chi connectivity index (χ1n) is 9.91. The van der Waals surface area contributed by atoms with Crippen molar-refractivity contribution < 1.29 is 5.11 Å². The van der Waals surface area contributed by atoms with Crippen LogP contribution in [0.2, 0.25) is 0 Å². The summed E-state index contributed by atoms with van der Waals surface area (Å²) in [5.74, 6) is 0. The van der Waals surface area contributed by atoms with E-state index in [2.05, 4.69) is 96.3 Å². The molecule has 0 unspecified atom stereocenters. The van der Waals surface area contributed by atoms with Crippen molar-refractivity contribution in [2.24, 2.45) is 0 Å². The van der Waals surface area contributed by atoms with E-state index in [-0.39, 0.29) is 6.10 Å². The molecule has 0 aliphatic heterocycles. The van der Waals surface area contributed by atoms with Gasteiger partial charge in [-0.05, 0) is 42.4 Å². The molecule has 1 saturated carbocycles. The first-order chi connectivity index (χ1) is 13.3. The van der Waals surface area contributed by atoms with Gasteiger partial charge in [0.25, 0.3) is 0 Å². The summed E-state index contributed by atoms with van der Waals surface area (Å²) in [6.07, 6.45) is 3.57. The molecule has 3 aromatic carbocycles. The van der Waals surface area contributed by atoms with Gasteiger partial charge in [0.1, 0.15) is 0 Å². The normalized spacial score (nSPS) is 20.3. The summed E-state index contributed by atoms with van der Waals surface area (Å²) in [5, 5.41) is 14.0. The third-order valence-electron chi connectivity index (χ3n) is 5.74. The smallest absolute Gasteiger partial charge is 0.0950 e. The van der Waals surface area contributed by atoms with Crippen LogP contribution in [0, 0.1) is 0 Å². The molecule has 1 aliphatic carbocycles. The second-order valence-electron chi connectivity index (χ2n) is 7.50. The number of rotatable bonds is 5. The topological polar surface area (TPSA) is 32.3 Å². The van der Waals surface area contributed by atoms with Gasteiger partial charge in [-0.3, -0.25) is 5.32 Å². The number of hydrogen-bond donors (Lipinski definition) is 2. The van der Waals surface area contributed by atoms with Crippen LogP contribution in [-0.4, -0.2) is 17.3 Å². The Hall–Kier alpha value is -2.42. The van der Waals surface area contributed by atoms with Crippen LogP contribution in [0.1, 0.15) is 42.4 Å². The van der Waals surface area contributed by atoms with E-state index in [0.717, 1.165) is 25.7 Å². The van der Waals surface area contributed by atoms with Crippen molar-refractivity contribution in [1.29, 1.82) is 0 Å². The molecule has 1 aliphatic rings. The van der Waals surface area contributed by atoms with E-state index in [1.165, 1.54) is 16.7 Å². The Balaban J connectivity index is 1.86. The lowest BCUT2D eigenvalue weighted by atomic mass is 9.75. The van der Waals surface area contributed by atoms with Crippen molar-refractivity contribution in [2.45, 2.75) is 43.4 Å². The highest BCUT2D eigenvalue weighted by Crippen LogP contribution is 2.38. The number of aliphatic hydroxyl groups excluding tert-OH is 1. The van der Waals surface area contributed by atoms with Gasteiger partial charge < -0.3 is 5.11 Å². The van der Waals surface area contributed by atoms with Gasteiger partial charge in [0, 0.05) is 6.04 Å². The lowest BCUT2D eigenvalue weighted by Gasteiger charge is -2.41. The molecule has 0 bridgehead atoms. The third-order valence-corrected chi connectivity index (χ3v) is 5.74. The molecule has 0 radical (unpaired) electrons. The van der Waals surface area contributed by atoms with E-state index in [1.807, 2.05) is 0 Å². The lowest BCUT2D eigenvalue weighted by molar-refractivity contribution is 0.112. The minimum absolute atomic E-state index is 0.150. The third kappa shape index (κ3) is 3.69. The van der Waals surface area contributed by atoms with E-state index in [1.54, 1.807) is 0 Å². The van der Waals surface area contributed by atoms with Gasteiger partial charge in [-0.15, -0.1) is 0 Å². The second-order valence-corrected chi connectivity index (χ2v) is 7.50. The molecule has 2 N–H and O–H groups in total. The van der Waals surface area contributed by atoms with Crippen LogP contribution in [0.4, 0.5) is 0 Å². The summed E-state index contributed by atoms with van der Waals surface area (Å²) in [4.78, 5) is 0. The molecule has 0 saturated heterocycles. The van der Waals surface area contributed by atoms with Crippen molar-refractivity contribution >= 4 is 0 Å². The summed E-state index contributed by atoms with van der Waals surface area (Å²) < 4.78 is 0. The van der Waals surface area contributed by atoms with Crippen LogP contribution in [-0.2, 0) is 5.54 Å². The predicted octanol–water partition coefficient (Wildman–Crippen LogP) is 4.87. The van der Waals surface area contributed by atoms with Crippen molar-refractivity contribution in [1.82, 2.24) is 5.32 Å². The fourth-order valence-corrected chi connectivity index (χ4v) is 4.34. The molecule has 0 atom stereocenters. The highest BCUT2D eigenvalue weighted by Gasteiger charge is 2.38. The van der Waals surface area contributed by atoms with Crippen molar-refractivity contribution in [3.63, 3.8) is 0 Å². The molecule has 0 spiro atoms. The van der Waals surface area contributed by atoms with Gasteiger partial charge in [0.2, 0.25) is 0 Å². The zero-order valence-electron chi connectivity index (χ0n) is 15.6. The summed E-state index contributed by atoms with van der Waals surface area (Å²) in [5.41, 5.74) is 3.33. The molecule has 138 valence electrons. The largest absolute Gasteiger partial charge is 0.393 e. The average molecular weight is 357 g/mol. The monoisotopic (exact) mass is 357 g/mol. The number of aliphatic hydroxyl groups is 1. The van der Waals surface area contributed by atoms with Gasteiger partial charge >= 0.3 is 0 Å². The number of benzene rings is 3. The van der Waals surface area contributed by atoms with Crippen LogP contribution in [0.3, 0.4) is 0 Å². The fraction of sp³-hybridized carbons (Fsp3) is 0.280. The molecule has 3 aromatic rings. The molecule has 4 rings (SSSR count). The van der Waals surface area contributed by atoms with Gasteiger partial charge in [0.15, 0.2) is 0 Å². The van der Waals surface area contributed by atoms with Crippen LogP contribution in [0.15, 0.2) is 91.0 Å². The van der Waals surface area contributed by atoms with Crippen LogP contribution >= 0.6 is 0 Å². The minimum atomic E-state index is -0.406. The Bertz CT molecular complexity index is 727. The zero-order chi connectivity index (χ0) is 18.5. The SMILES string of the molecule is OC1CCC(NC(c2ccccc2)(c2ccccc2)c2ccccc2)CC1. The van der Waals surface area contributed by atoms with Gasteiger partial charge in [0.05, 0.1) is 11.6 Å². The summed E-state index contributed by atoms with van der Waals surface area (Å²) in [7, 11) is 0. The summed E-state index contributed by atoms with van der Waals surface area (Å²) in [6, 6.07) is 32.5. The highest BCUT2D eigenvalue weighted by atomic mass is 16.3. The zero-order valence-corrected chi connectivity index (χ0v) is 15.6. The lowest BCUT2D eigenvalue weighted by Crippen LogP contribution is -2.51. The molecule has 0 amide bonds. The Labute approximate surface area is 161 Å². The number of hydrogen-bond acceptors (Lipinski definition) is 2. The van der Waals surface area contributed by atoms with E-state index < -0.39 is 5.54 Å². The van der Waals surface area contributed by atoms with Crippen molar-refractivity contribution in [3.8, 4) is 0 Å². The van der Waals surface area contributed by atoms with Crippen molar-refractivity contribution in [3.05, 3.63) is 108 Å². The Morgan fingerprint density at radius 3 is 1.33 bits per heavy atom.